The monoisotopic (exact) mass is 277 g/mol. The van der Waals surface area contributed by atoms with Gasteiger partial charge < -0.3 is 10.5 Å². The van der Waals surface area contributed by atoms with Crippen molar-refractivity contribution in [1.29, 1.82) is 0 Å². The first kappa shape index (κ1) is 13.8. The van der Waals surface area contributed by atoms with Crippen LogP contribution in [0.4, 0.5) is 5.69 Å². The van der Waals surface area contributed by atoms with Crippen LogP contribution in [0.15, 0.2) is 34.2 Å². The van der Waals surface area contributed by atoms with Crippen LogP contribution in [0.5, 0.6) is 5.75 Å². The Labute approximate surface area is 117 Å². The van der Waals surface area contributed by atoms with Crippen LogP contribution in [-0.2, 0) is 0 Å². The van der Waals surface area contributed by atoms with Gasteiger partial charge in [-0.25, -0.2) is 0 Å². The third kappa shape index (κ3) is 2.87. The highest BCUT2D eigenvalue weighted by atomic mass is 32.2. The van der Waals surface area contributed by atoms with E-state index in [1.54, 1.807) is 18.9 Å². The minimum absolute atomic E-state index is 0.282. The number of nitrogen functional groups attached to an aromatic ring is 1. The second-order valence-electron chi connectivity index (χ2n) is 4.62. The van der Waals surface area contributed by atoms with Crippen LogP contribution in [0.3, 0.4) is 0 Å². The molecule has 0 aliphatic rings. The number of benzene rings is 1. The Morgan fingerprint density at radius 2 is 2.11 bits per heavy atom. The van der Waals surface area contributed by atoms with E-state index in [4.69, 9.17) is 10.5 Å². The lowest BCUT2D eigenvalue weighted by Crippen LogP contribution is -2.04. The Balaban J connectivity index is 2.37. The summed E-state index contributed by atoms with van der Waals surface area (Å²) in [6.07, 6.45) is 0. The molecule has 0 unspecified atom stereocenters. The number of rotatable bonds is 4. The molecular weight excluding hydrogens is 258 g/mol. The standard InChI is InChI=1S/C14H19N3OS/c1-9(2)17-14(13(15)10(3)16-17)19-12-7-5-6-11(8-12)18-4/h5-9H,15H2,1-4H3. The number of hydrogen-bond acceptors (Lipinski definition) is 4. The molecule has 1 heterocycles. The first-order valence-electron chi connectivity index (χ1n) is 6.19. The van der Waals surface area contributed by atoms with E-state index >= 15 is 0 Å². The van der Waals surface area contributed by atoms with Gasteiger partial charge >= 0.3 is 0 Å². The van der Waals surface area contributed by atoms with Crippen LogP contribution < -0.4 is 10.5 Å². The number of anilines is 1. The lowest BCUT2D eigenvalue weighted by molar-refractivity contribution is 0.413. The van der Waals surface area contributed by atoms with E-state index in [0.29, 0.717) is 0 Å². The van der Waals surface area contributed by atoms with Gasteiger partial charge in [-0.15, -0.1) is 0 Å². The Hall–Kier alpha value is -1.62. The van der Waals surface area contributed by atoms with Crippen molar-refractivity contribution in [1.82, 2.24) is 9.78 Å². The van der Waals surface area contributed by atoms with Crippen LogP contribution in [0.2, 0.25) is 0 Å². The summed E-state index contributed by atoms with van der Waals surface area (Å²) in [4.78, 5) is 1.09. The molecule has 0 radical (unpaired) electrons. The average Bonchev–Trinajstić information content (AvgIpc) is 2.67. The van der Waals surface area contributed by atoms with Crippen molar-refractivity contribution in [2.24, 2.45) is 0 Å². The van der Waals surface area contributed by atoms with E-state index < -0.39 is 0 Å². The molecule has 0 atom stereocenters. The second kappa shape index (κ2) is 5.57. The molecule has 2 aromatic rings. The molecule has 0 aliphatic carbocycles. The van der Waals surface area contributed by atoms with Gasteiger partial charge in [0.05, 0.1) is 18.5 Å². The summed E-state index contributed by atoms with van der Waals surface area (Å²) in [6.45, 7) is 6.13. The third-order valence-corrected chi connectivity index (χ3v) is 3.92. The van der Waals surface area contributed by atoms with Crippen molar-refractivity contribution in [2.45, 2.75) is 36.7 Å². The van der Waals surface area contributed by atoms with Gasteiger partial charge in [-0.2, -0.15) is 5.10 Å². The van der Waals surface area contributed by atoms with E-state index in [1.807, 2.05) is 35.9 Å². The van der Waals surface area contributed by atoms with Gasteiger partial charge in [-0.1, -0.05) is 17.8 Å². The number of nitrogens with two attached hydrogens (primary N) is 1. The van der Waals surface area contributed by atoms with Crippen LogP contribution in [0, 0.1) is 6.92 Å². The Kier molecular flexibility index (Phi) is 4.04. The maximum Gasteiger partial charge on any atom is 0.122 e. The highest BCUT2D eigenvalue weighted by Crippen LogP contribution is 2.36. The minimum atomic E-state index is 0.282. The van der Waals surface area contributed by atoms with Gasteiger partial charge in [0.25, 0.3) is 0 Å². The zero-order valence-corrected chi connectivity index (χ0v) is 12.5. The van der Waals surface area contributed by atoms with E-state index in [0.717, 1.165) is 27.1 Å². The third-order valence-electron chi connectivity index (χ3n) is 2.83. The zero-order valence-electron chi connectivity index (χ0n) is 11.7. The first-order chi connectivity index (χ1) is 9.02. The SMILES string of the molecule is COc1cccc(Sc2c(N)c(C)nn2C(C)C)c1. The number of aromatic nitrogens is 2. The fourth-order valence-electron chi connectivity index (χ4n) is 1.77. The van der Waals surface area contributed by atoms with Crippen LogP contribution >= 0.6 is 11.8 Å². The summed E-state index contributed by atoms with van der Waals surface area (Å²) in [5.41, 5.74) is 7.75. The van der Waals surface area contributed by atoms with Crippen molar-refractivity contribution < 1.29 is 4.74 Å². The van der Waals surface area contributed by atoms with Crippen molar-refractivity contribution >= 4 is 17.4 Å². The van der Waals surface area contributed by atoms with Crippen LogP contribution in [0.1, 0.15) is 25.6 Å². The van der Waals surface area contributed by atoms with Crippen molar-refractivity contribution in [3.05, 3.63) is 30.0 Å². The van der Waals surface area contributed by atoms with E-state index in [9.17, 15) is 0 Å². The fourth-order valence-corrected chi connectivity index (χ4v) is 2.91. The van der Waals surface area contributed by atoms with Crippen LogP contribution in [0.25, 0.3) is 0 Å². The van der Waals surface area contributed by atoms with Gasteiger partial charge in [0, 0.05) is 10.9 Å². The number of hydrogen-bond donors (Lipinski definition) is 1. The van der Waals surface area contributed by atoms with Crippen molar-refractivity contribution in [3.63, 3.8) is 0 Å². The minimum Gasteiger partial charge on any atom is -0.497 e. The van der Waals surface area contributed by atoms with E-state index in [-0.39, 0.29) is 6.04 Å². The first-order valence-corrected chi connectivity index (χ1v) is 7.01. The number of methoxy groups -OCH3 is 1. The van der Waals surface area contributed by atoms with Crippen LogP contribution in [-0.4, -0.2) is 16.9 Å². The molecule has 2 rings (SSSR count). The number of ether oxygens (including phenoxy) is 1. The van der Waals surface area contributed by atoms with Crippen molar-refractivity contribution in [2.75, 3.05) is 12.8 Å². The van der Waals surface area contributed by atoms with Gasteiger partial charge in [0.1, 0.15) is 10.8 Å². The summed E-state index contributed by atoms with van der Waals surface area (Å²) in [5.74, 6) is 0.843. The molecule has 0 saturated heterocycles. The Morgan fingerprint density at radius 3 is 2.74 bits per heavy atom. The molecule has 0 spiro atoms. The quantitative estimate of drug-likeness (QED) is 0.929. The maximum absolute atomic E-state index is 6.12. The molecule has 1 aromatic carbocycles. The molecule has 0 fully saturated rings. The molecule has 102 valence electrons. The van der Waals surface area contributed by atoms with Gasteiger partial charge in [-0.3, -0.25) is 4.68 Å². The molecule has 0 amide bonds. The Bertz CT molecular complexity index is 578. The molecule has 0 bridgehead atoms. The molecule has 0 aliphatic heterocycles. The second-order valence-corrected chi connectivity index (χ2v) is 5.69. The van der Waals surface area contributed by atoms with E-state index in [1.165, 1.54) is 0 Å². The maximum atomic E-state index is 6.12. The predicted octanol–water partition coefficient (Wildman–Crippen LogP) is 3.51. The largest absolute Gasteiger partial charge is 0.497 e. The zero-order chi connectivity index (χ0) is 14.0. The Morgan fingerprint density at radius 1 is 1.37 bits per heavy atom. The average molecular weight is 277 g/mol. The molecule has 0 saturated carbocycles. The molecule has 2 N–H and O–H groups in total. The lowest BCUT2D eigenvalue weighted by Gasteiger charge is -2.11. The summed E-state index contributed by atoms with van der Waals surface area (Å²) < 4.78 is 7.21. The highest BCUT2D eigenvalue weighted by Gasteiger charge is 2.16. The summed E-state index contributed by atoms with van der Waals surface area (Å²) >= 11 is 1.61. The van der Waals surface area contributed by atoms with Gasteiger partial charge in [0.2, 0.25) is 0 Å². The molecule has 4 nitrogen and oxygen atoms in total. The summed E-state index contributed by atoms with van der Waals surface area (Å²) in [5, 5.41) is 5.47. The predicted molar refractivity (Wildman–Crippen MR) is 78.9 cm³/mol. The molecular formula is C14H19N3OS. The molecule has 5 heteroatoms. The number of nitrogens with zero attached hydrogens (tertiary/aromatic N) is 2. The topological polar surface area (TPSA) is 53.1 Å². The van der Waals surface area contributed by atoms with Gasteiger partial charge in [0.15, 0.2) is 0 Å². The summed E-state index contributed by atoms with van der Waals surface area (Å²) in [7, 11) is 1.67. The smallest absolute Gasteiger partial charge is 0.122 e. The lowest BCUT2D eigenvalue weighted by atomic mass is 10.3. The highest BCUT2D eigenvalue weighted by molar-refractivity contribution is 7.99. The fraction of sp³-hybridized carbons (Fsp3) is 0.357. The van der Waals surface area contributed by atoms with Gasteiger partial charge in [-0.05, 0) is 39.0 Å². The number of aryl methyl sites for hydroxylation is 1. The molecule has 19 heavy (non-hydrogen) atoms. The molecule has 1 aromatic heterocycles. The normalized spacial score (nSPS) is 11.0. The van der Waals surface area contributed by atoms with Crippen molar-refractivity contribution in [3.8, 4) is 5.75 Å². The van der Waals surface area contributed by atoms with E-state index in [2.05, 4.69) is 18.9 Å². The summed E-state index contributed by atoms with van der Waals surface area (Å²) in [6, 6.07) is 8.22.